The molecule has 0 saturated carbocycles. The van der Waals surface area contributed by atoms with Crippen molar-refractivity contribution in [3.05, 3.63) is 115 Å². The summed E-state index contributed by atoms with van der Waals surface area (Å²) in [5.41, 5.74) is 4.15. The smallest absolute Gasteiger partial charge is 0.392 e. The lowest BCUT2D eigenvalue weighted by molar-refractivity contribution is -0.701. The van der Waals surface area contributed by atoms with Gasteiger partial charge in [-0.25, -0.2) is 0 Å². The molecule has 34 heavy (non-hydrogen) atoms. The summed E-state index contributed by atoms with van der Waals surface area (Å²) < 4.78 is 14.9. The first-order chi connectivity index (χ1) is 15.3. The Morgan fingerprint density at radius 3 is 1.71 bits per heavy atom. The molecule has 4 aromatic rings. The SMILES string of the molecule is CC([n+]1ccc(-c2cc[n+](-c3ccc(C(=O)c4ccccc4)cc3)cc2)cc1)P(=O)(O)O.[Cl-].[Cl-]. The highest BCUT2D eigenvalue weighted by atomic mass is 35.5. The van der Waals surface area contributed by atoms with Crippen molar-refractivity contribution < 1.29 is 53.1 Å². The van der Waals surface area contributed by atoms with E-state index in [1.54, 1.807) is 12.4 Å². The first-order valence-corrected chi connectivity index (χ1v) is 11.8. The molecule has 0 bridgehead atoms. The molecule has 2 N–H and O–H groups in total. The van der Waals surface area contributed by atoms with Crippen molar-refractivity contribution in [1.29, 1.82) is 0 Å². The Morgan fingerprint density at radius 2 is 1.21 bits per heavy atom. The van der Waals surface area contributed by atoms with Gasteiger partial charge >= 0.3 is 7.60 Å². The Bertz CT molecular complexity index is 1280. The van der Waals surface area contributed by atoms with Crippen molar-refractivity contribution in [3.8, 4) is 16.8 Å². The van der Waals surface area contributed by atoms with E-state index in [1.807, 2.05) is 95.8 Å². The molecule has 0 aliphatic carbocycles. The number of hydrogen-bond acceptors (Lipinski definition) is 2. The third-order valence-corrected chi connectivity index (χ3v) is 6.64. The minimum absolute atomic E-state index is 0. The summed E-state index contributed by atoms with van der Waals surface area (Å²) in [5, 5.41) is 0. The second kappa shape index (κ2) is 11.5. The number of benzene rings is 2. The van der Waals surface area contributed by atoms with E-state index in [9.17, 15) is 19.1 Å². The lowest BCUT2D eigenvalue weighted by Gasteiger charge is -2.09. The van der Waals surface area contributed by atoms with E-state index >= 15 is 0 Å². The van der Waals surface area contributed by atoms with Crippen molar-refractivity contribution in [2.45, 2.75) is 12.7 Å². The summed E-state index contributed by atoms with van der Waals surface area (Å²) >= 11 is 0. The van der Waals surface area contributed by atoms with Crippen molar-refractivity contribution >= 4 is 13.4 Å². The van der Waals surface area contributed by atoms with Crippen LogP contribution in [0, 0.1) is 0 Å². The fraction of sp³-hybridized carbons (Fsp3) is 0.0800. The lowest BCUT2D eigenvalue weighted by atomic mass is 10.0. The molecule has 0 fully saturated rings. The number of ketones is 1. The van der Waals surface area contributed by atoms with E-state index in [0.717, 1.165) is 16.8 Å². The van der Waals surface area contributed by atoms with Gasteiger partial charge in [0.25, 0.3) is 5.78 Å². The number of aromatic nitrogens is 2. The molecule has 4 rings (SSSR count). The normalized spacial score (nSPS) is 11.6. The van der Waals surface area contributed by atoms with E-state index in [4.69, 9.17) is 0 Å². The van der Waals surface area contributed by atoms with Crippen molar-refractivity contribution in [2.24, 2.45) is 0 Å². The lowest BCUT2D eigenvalue weighted by Crippen LogP contribution is -3.00. The molecule has 1 atom stereocenters. The van der Waals surface area contributed by atoms with E-state index in [2.05, 4.69) is 0 Å². The molecule has 9 heteroatoms. The number of rotatable bonds is 6. The Hall–Kier alpha value is -2.86. The average molecular weight is 517 g/mol. The van der Waals surface area contributed by atoms with Crippen LogP contribution in [0.2, 0.25) is 0 Å². The van der Waals surface area contributed by atoms with Crippen LogP contribution >= 0.6 is 7.60 Å². The quantitative estimate of drug-likeness (QED) is 0.174. The average Bonchev–Trinajstić information content (AvgIpc) is 2.83. The zero-order valence-corrected chi connectivity index (χ0v) is 20.6. The highest BCUT2D eigenvalue weighted by molar-refractivity contribution is 7.51. The van der Waals surface area contributed by atoms with Crippen LogP contribution in [0.5, 0.6) is 0 Å². The van der Waals surface area contributed by atoms with Crippen LogP contribution in [-0.4, -0.2) is 15.6 Å². The zero-order chi connectivity index (χ0) is 22.7. The van der Waals surface area contributed by atoms with E-state index in [0.29, 0.717) is 11.1 Å². The van der Waals surface area contributed by atoms with Crippen LogP contribution in [-0.2, 0) is 4.57 Å². The number of halogens is 2. The number of nitrogens with zero attached hydrogens (tertiary/aromatic N) is 2. The standard InChI is InChI=1S/C25H21N2O4P.2ClH/c1-19(32(29,30)31)26-15-11-20(12-16-26)21-13-17-27(18-14-21)24-9-7-23(8-10-24)25(28)22-5-3-2-4-6-22;;/h2-19H,1H3;2*1H. The van der Waals surface area contributed by atoms with Crippen LogP contribution < -0.4 is 33.9 Å². The second-order valence-electron chi connectivity index (χ2n) is 7.49. The van der Waals surface area contributed by atoms with Gasteiger partial charge in [-0.1, -0.05) is 30.3 Å². The van der Waals surface area contributed by atoms with E-state index < -0.39 is 13.4 Å². The monoisotopic (exact) mass is 516 g/mol. The predicted molar refractivity (Wildman–Crippen MR) is 120 cm³/mol. The first kappa shape index (κ1) is 27.4. The summed E-state index contributed by atoms with van der Waals surface area (Å²) in [7, 11) is -4.20. The number of carbonyl (C=O) groups is 1. The zero-order valence-electron chi connectivity index (χ0n) is 18.2. The summed E-state index contributed by atoms with van der Waals surface area (Å²) in [6.45, 7) is 1.49. The molecule has 2 aromatic carbocycles. The Kier molecular flexibility index (Phi) is 9.28. The van der Waals surface area contributed by atoms with Crippen molar-refractivity contribution in [2.75, 3.05) is 0 Å². The molecule has 0 aliphatic heterocycles. The predicted octanol–water partition coefficient (Wildman–Crippen LogP) is -2.15. The molecular formula is C25H23Cl2N2O4P. The highest BCUT2D eigenvalue weighted by Gasteiger charge is 2.32. The molecule has 176 valence electrons. The van der Waals surface area contributed by atoms with Gasteiger partial charge in [0.15, 0.2) is 30.6 Å². The fourth-order valence-electron chi connectivity index (χ4n) is 3.39. The highest BCUT2D eigenvalue weighted by Crippen LogP contribution is 2.45. The molecule has 6 nitrogen and oxygen atoms in total. The maximum Gasteiger partial charge on any atom is 0.392 e. The van der Waals surface area contributed by atoms with Gasteiger partial charge in [0.05, 0.1) is 0 Å². The number of hydrogen-bond donors (Lipinski definition) is 2. The summed E-state index contributed by atoms with van der Waals surface area (Å²) in [6, 6.07) is 24.3. The van der Waals surface area contributed by atoms with Gasteiger partial charge in [0.1, 0.15) is 0 Å². The molecule has 2 heterocycles. The van der Waals surface area contributed by atoms with Crippen molar-refractivity contribution in [3.63, 3.8) is 0 Å². The molecule has 0 radical (unpaired) electrons. The van der Waals surface area contributed by atoms with Crippen LogP contribution in [0.4, 0.5) is 0 Å². The van der Waals surface area contributed by atoms with Crippen LogP contribution in [0.1, 0.15) is 28.6 Å². The van der Waals surface area contributed by atoms with Gasteiger partial charge in [0.2, 0.25) is 5.69 Å². The minimum atomic E-state index is -4.20. The number of pyridine rings is 2. The first-order valence-electron chi connectivity index (χ1n) is 10.1. The summed E-state index contributed by atoms with van der Waals surface area (Å²) in [5.74, 6) is -0.918. The topological polar surface area (TPSA) is 82.4 Å². The summed E-state index contributed by atoms with van der Waals surface area (Å²) in [6.07, 6.45) is 7.20. The molecule has 0 spiro atoms. The summed E-state index contributed by atoms with van der Waals surface area (Å²) in [4.78, 5) is 31.2. The Morgan fingerprint density at radius 1 is 0.735 bits per heavy atom. The van der Waals surface area contributed by atoms with E-state index in [-0.39, 0.29) is 30.6 Å². The maximum atomic E-state index is 12.6. The largest absolute Gasteiger partial charge is 1.00 e. The minimum Gasteiger partial charge on any atom is -1.00 e. The molecule has 0 aliphatic rings. The van der Waals surface area contributed by atoms with Gasteiger partial charge in [-0.2, -0.15) is 9.13 Å². The molecule has 2 aromatic heterocycles. The third-order valence-electron chi connectivity index (χ3n) is 5.40. The van der Waals surface area contributed by atoms with Crippen LogP contribution in [0.3, 0.4) is 0 Å². The van der Waals surface area contributed by atoms with Gasteiger partial charge in [-0.3, -0.25) is 9.36 Å². The van der Waals surface area contributed by atoms with Gasteiger partial charge < -0.3 is 34.6 Å². The molecule has 1 unspecified atom stereocenters. The third kappa shape index (κ3) is 6.17. The molecule has 0 saturated heterocycles. The van der Waals surface area contributed by atoms with Crippen LogP contribution in [0.15, 0.2) is 104 Å². The Balaban J connectivity index is 0.00000204. The van der Waals surface area contributed by atoms with Crippen molar-refractivity contribution in [1.82, 2.24) is 0 Å². The van der Waals surface area contributed by atoms with Gasteiger partial charge in [0, 0.05) is 54.4 Å². The maximum absolute atomic E-state index is 12.6. The Labute approximate surface area is 210 Å². The second-order valence-corrected chi connectivity index (χ2v) is 9.42. The van der Waals surface area contributed by atoms with E-state index in [1.165, 1.54) is 11.5 Å². The number of carbonyl (C=O) groups excluding carboxylic acids is 1. The van der Waals surface area contributed by atoms with Gasteiger partial charge in [-0.05, 0) is 23.3 Å². The molecule has 0 amide bonds. The fourth-order valence-corrected chi connectivity index (χ4v) is 3.89. The molecular weight excluding hydrogens is 494 g/mol. The van der Waals surface area contributed by atoms with Gasteiger partial charge in [-0.15, -0.1) is 0 Å². The van der Waals surface area contributed by atoms with Crippen LogP contribution in [0.25, 0.3) is 16.8 Å².